The fraction of sp³-hybridized carbons (Fsp3) is 0. The summed E-state index contributed by atoms with van der Waals surface area (Å²) in [7, 11) is 0. The molecule has 0 atom stereocenters. The number of aromatic nitrogens is 3. The van der Waals surface area contributed by atoms with Crippen LogP contribution >= 0.6 is 11.3 Å². The van der Waals surface area contributed by atoms with Gasteiger partial charge < -0.3 is 0 Å². The number of thiazole rings is 1. The summed E-state index contributed by atoms with van der Waals surface area (Å²) < 4.78 is 1.19. The van der Waals surface area contributed by atoms with Crippen LogP contribution in [0, 0.1) is 0 Å². The molecule has 0 spiro atoms. The first-order valence-corrected chi connectivity index (χ1v) is 6.84. The van der Waals surface area contributed by atoms with Crippen LogP contribution in [0.25, 0.3) is 32.4 Å². The van der Waals surface area contributed by atoms with Gasteiger partial charge >= 0.3 is 0 Å². The van der Waals surface area contributed by atoms with E-state index in [2.05, 4.69) is 33.2 Å². The zero-order valence-electron chi connectivity index (χ0n) is 9.95. The van der Waals surface area contributed by atoms with E-state index in [1.54, 1.807) is 17.5 Å². The van der Waals surface area contributed by atoms with Gasteiger partial charge in [-0.1, -0.05) is 12.1 Å². The topological polar surface area (TPSA) is 38.7 Å². The van der Waals surface area contributed by atoms with Crippen molar-refractivity contribution in [3.05, 3.63) is 54.3 Å². The van der Waals surface area contributed by atoms with Gasteiger partial charge in [0.2, 0.25) is 0 Å². The summed E-state index contributed by atoms with van der Waals surface area (Å²) in [4.78, 5) is 13.3. The summed E-state index contributed by atoms with van der Waals surface area (Å²) >= 11 is 1.65. The minimum atomic E-state index is 0.909. The summed E-state index contributed by atoms with van der Waals surface area (Å²) in [6.07, 6.45) is 3.62. The van der Waals surface area contributed by atoms with E-state index >= 15 is 0 Å². The van der Waals surface area contributed by atoms with Crippen molar-refractivity contribution in [3.8, 4) is 11.1 Å². The molecular weight excluding hydrogens is 254 g/mol. The van der Waals surface area contributed by atoms with E-state index < -0.39 is 0 Å². The van der Waals surface area contributed by atoms with Crippen LogP contribution in [0.4, 0.5) is 0 Å². The molecule has 0 fully saturated rings. The molecule has 4 aromatic rings. The van der Waals surface area contributed by atoms with Gasteiger partial charge in [-0.25, -0.2) is 4.98 Å². The fourth-order valence-corrected chi connectivity index (χ4v) is 3.00. The fourth-order valence-electron chi connectivity index (χ4n) is 2.30. The highest BCUT2D eigenvalue weighted by molar-refractivity contribution is 7.16. The zero-order chi connectivity index (χ0) is 12.7. The molecular formula is C15H9N3S. The van der Waals surface area contributed by atoms with Crippen LogP contribution in [0.2, 0.25) is 0 Å². The van der Waals surface area contributed by atoms with Crippen LogP contribution in [0.3, 0.4) is 0 Å². The molecule has 4 rings (SSSR count). The third kappa shape index (κ3) is 1.61. The van der Waals surface area contributed by atoms with E-state index in [0.29, 0.717) is 0 Å². The summed E-state index contributed by atoms with van der Waals surface area (Å²) in [6, 6.07) is 12.1. The van der Waals surface area contributed by atoms with Gasteiger partial charge in [-0.05, 0) is 24.3 Å². The molecule has 0 aliphatic carbocycles. The highest BCUT2D eigenvalue weighted by Crippen LogP contribution is 2.32. The van der Waals surface area contributed by atoms with E-state index in [1.807, 2.05) is 29.9 Å². The Labute approximate surface area is 113 Å². The Hall–Kier alpha value is -2.33. The molecule has 0 bridgehead atoms. The minimum Gasteiger partial charge on any atom is -0.255 e. The molecule has 3 nitrogen and oxygen atoms in total. The second-order valence-corrected chi connectivity index (χ2v) is 5.12. The van der Waals surface area contributed by atoms with Crippen LogP contribution in [0.15, 0.2) is 54.3 Å². The number of rotatable bonds is 1. The Balaban J connectivity index is 2.12. The van der Waals surface area contributed by atoms with E-state index in [1.165, 1.54) is 4.70 Å². The zero-order valence-corrected chi connectivity index (χ0v) is 10.8. The highest BCUT2D eigenvalue weighted by atomic mass is 32.1. The lowest BCUT2D eigenvalue weighted by Gasteiger charge is -2.05. The van der Waals surface area contributed by atoms with Crippen LogP contribution in [0.5, 0.6) is 0 Å². The van der Waals surface area contributed by atoms with Crippen molar-refractivity contribution in [2.75, 3.05) is 0 Å². The number of pyridine rings is 2. The van der Waals surface area contributed by atoms with Gasteiger partial charge in [-0.15, -0.1) is 11.3 Å². The standard InChI is InChI=1S/C15H9N3S/c1-3-10(15-13(5-1)19-9-18-15)11-6-8-16-12-4-2-7-17-14(11)12/h1-9H. The third-order valence-corrected chi connectivity index (χ3v) is 3.94. The predicted molar refractivity (Wildman–Crippen MR) is 78.2 cm³/mol. The van der Waals surface area contributed by atoms with E-state index in [-0.39, 0.29) is 0 Å². The first-order valence-electron chi connectivity index (χ1n) is 5.96. The quantitative estimate of drug-likeness (QED) is 0.522. The molecule has 0 saturated heterocycles. The van der Waals surface area contributed by atoms with Crippen molar-refractivity contribution in [1.29, 1.82) is 0 Å². The molecule has 0 unspecified atom stereocenters. The second kappa shape index (κ2) is 4.10. The van der Waals surface area contributed by atoms with Gasteiger partial charge in [0, 0.05) is 23.5 Å². The summed E-state index contributed by atoms with van der Waals surface area (Å²) in [6.45, 7) is 0. The van der Waals surface area contributed by atoms with Crippen LogP contribution in [0.1, 0.15) is 0 Å². The first-order chi connectivity index (χ1) is 9.43. The summed E-state index contributed by atoms with van der Waals surface area (Å²) in [5.74, 6) is 0. The van der Waals surface area contributed by atoms with Crippen LogP contribution in [-0.2, 0) is 0 Å². The molecule has 3 aromatic heterocycles. The Kier molecular flexibility index (Phi) is 2.28. The molecule has 0 N–H and O–H groups in total. The lowest BCUT2D eigenvalue weighted by Crippen LogP contribution is -1.87. The first kappa shape index (κ1) is 10.6. The van der Waals surface area contributed by atoms with Gasteiger partial charge in [-0.3, -0.25) is 9.97 Å². The van der Waals surface area contributed by atoms with Crippen molar-refractivity contribution in [3.63, 3.8) is 0 Å². The number of benzene rings is 1. The molecule has 0 radical (unpaired) electrons. The highest BCUT2D eigenvalue weighted by Gasteiger charge is 2.10. The molecule has 90 valence electrons. The van der Waals surface area contributed by atoms with Gasteiger partial charge in [0.15, 0.2) is 0 Å². The van der Waals surface area contributed by atoms with E-state index in [4.69, 9.17) is 0 Å². The second-order valence-electron chi connectivity index (χ2n) is 4.23. The molecule has 0 saturated carbocycles. The molecule has 0 aliphatic rings. The lowest BCUT2D eigenvalue weighted by molar-refractivity contribution is 1.34. The Bertz CT molecular complexity index is 877. The van der Waals surface area contributed by atoms with Crippen LogP contribution in [-0.4, -0.2) is 15.0 Å². The number of nitrogens with zero attached hydrogens (tertiary/aromatic N) is 3. The molecule has 0 aliphatic heterocycles. The number of fused-ring (bicyclic) bond motifs is 2. The third-order valence-electron chi connectivity index (χ3n) is 3.15. The van der Waals surface area contributed by atoms with E-state index in [0.717, 1.165) is 27.7 Å². The largest absolute Gasteiger partial charge is 0.255 e. The van der Waals surface area contributed by atoms with Gasteiger partial charge in [0.1, 0.15) is 0 Å². The molecule has 3 heterocycles. The number of hydrogen-bond acceptors (Lipinski definition) is 4. The summed E-state index contributed by atoms with van der Waals surface area (Å²) in [5, 5.41) is 0. The van der Waals surface area contributed by atoms with Crippen molar-refractivity contribution in [2.45, 2.75) is 0 Å². The smallest absolute Gasteiger partial charge is 0.0965 e. The van der Waals surface area contributed by atoms with Crippen molar-refractivity contribution >= 4 is 32.6 Å². The Morgan fingerprint density at radius 3 is 2.68 bits per heavy atom. The molecule has 19 heavy (non-hydrogen) atoms. The Morgan fingerprint density at radius 2 is 1.68 bits per heavy atom. The van der Waals surface area contributed by atoms with Crippen molar-refractivity contribution in [2.24, 2.45) is 0 Å². The lowest BCUT2D eigenvalue weighted by atomic mass is 10.0. The maximum absolute atomic E-state index is 4.47. The summed E-state index contributed by atoms with van der Waals surface area (Å²) in [5.41, 5.74) is 6.95. The van der Waals surface area contributed by atoms with Gasteiger partial charge in [-0.2, -0.15) is 0 Å². The number of para-hydroxylation sites is 1. The average molecular weight is 263 g/mol. The average Bonchev–Trinajstić information content (AvgIpc) is 2.95. The van der Waals surface area contributed by atoms with Crippen LogP contribution < -0.4 is 0 Å². The Morgan fingerprint density at radius 1 is 0.737 bits per heavy atom. The van der Waals surface area contributed by atoms with Crippen molar-refractivity contribution in [1.82, 2.24) is 15.0 Å². The minimum absolute atomic E-state index is 0.909. The maximum Gasteiger partial charge on any atom is 0.0965 e. The molecule has 4 heteroatoms. The molecule has 0 amide bonds. The van der Waals surface area contributed by atoms with Gasteiger partial charge in [0.05, 0.1) is 26.8 Å². The van der Waals surface area contributed by atoms with Crippen molar-refractivity contribution < 1.29 is 0 Å². The monoisotopic (exact) mass is 263 g/mol. The van der Waals surface area contributed by atoms with E-state index in [9.17, 15) is 0 Å². The SMILES string of the molecule is c1cnc2c(-c3cccc4scnc34)ccnc2c1. The van der Waals surface area contributed by atoms with Gasteiger partial charge in [0.25, 0.3) is 0 Å². The normalized spacial score (nSPS) is 11.2. The molecule has 1 aromatic carbocycles. The maximum atomic E-state index is 4.47. The predicted octanol–water partition coefficient (Wildman–Crippen LogP) is 3.91. The number of hydrogen-bond donors (Lipinski definition) is 0.